The molecule has 8 heteroatoms. The van der Waals surface area contributed by atoms with Crippen molar-refractivity contribution in [2.45, 2.75) is 12.8 Å². The monoisotopic (exact) mass is 459 g/mol. The number of carbonyl (C=O) groups excluding carboxylic acids is 1. The zero-order valence-electron chi connectivity index (χ0n) is 18.1. The lowest BCUT2D eigenvalue weighted by atomic mass is 9.98. The number of piperidine rings is 1. The van der Waals surface area contributed by atoms with Gasteiger partial charge < -0.3 is 20.1 Å². The van der Waals surface area contributed by atoms with Crippen LogP contribution >= 0.6 is 12.1 Å². The Bertz CT molecular complexity index is 1180. The van der Waals surface area contributed by atoms with Crippen LogP contribution in [0.4, 0.5) is 5.69 Å². The second-order valence-electron chi connectivity index (χ2n) is 8.21. The predicted molar refractivity (Wildman–Crippen MR) is 132 cm³/mol. The summed E-state index contributed by atoms with van der Waals surface area (Å²) < 4.78 is 13.5. The Morgan fingerprint density at radius 3 is 2.94 bits per heavy atom. The second-order valence-corrected chi connectivity index (χ2v) is 8.78. The minimum Gasteiger partial charge on any atom is -0.492 e. The third kappa shape index (κ3) is 4.66. The lowest BCUT2D eigenvalue weighted by Gasteiger charge is -2.33. The van der Waals surface area contributed by atoms with Crippen LogP contribution in [0.25, 0.3) is 11.3 Å². The summed E-state index contributed by atoms with van der Waals surface area (Å²) in [7, 11) is 0. The molecule has 1 saturated heterocycles. The molecule has 2 aromatic carbocycles. The highest BCUT2D eigenvalue weighted by atomic mass is 32.2. The lowest BCUT2D eigenvalue weighted by Crippen LogP contribution is -2.41. The van der Waals surface area contributed by atoms with E-state index in [9.17, 15) is 4.79 Å². The van der Waals surface area contributed by atoms with Gasteiger partial charge in [0.15, 0.2) is 0 Å². The number of nitrogens with zero attached hydrogens (tertiary/aromatic N) is 3. The summed E-state index contributed by atoms with van der Waals surface area (Å²) in [5, 5.41) is 0. The first-order valence-corrected chi connectivity index (χ1v) is 11.8. The molecule has 168 valence electrons. The summed E-state index contributed by atoms with van der Waals surface area (Å²) in [5.74, 6) is 1.45. The minimum atomic E-state index is 0.0361. The van der Waals surface area contributed by atoms with E-state index < -0.39 is 0 Å². The molecular weight excluding hydrogens is 434 g/mol. The number of amides is 1. The lowest BCUT2D eigenvalue weighted by molar-refractivity contribution is 0.0633. The van der Waals surface area contributed by atoms with Gasteiger partial charge in [0.25, 0.3) is 5.91 Å². The average molecular weight is 460 g/mol. The fraction of sp³-hybridized carbons (Fsp3) is 0.240. The van der Waals surface area contributed by atoms with Gasteiger partial charge in [-0.05, 0) is 37.1 Å². The van der Waals surface area contributed by atoms with E-state index in [1.54, 1.807) is 12.3 Å². The van der Waals surface area contributed by atoms with Gasteiger partial charge in [-0.3, -0.25) is 9.78 Å². The molecule has 0 unspecified atom stereocenters. The first-order chi connectivity index (χ1) is 16.2. The van der Waals surface area contributed by atoms with Crippen molar-refractivity contribution in [2.24, 2.45) is 16.0 Å². The Hall–Kier alpha value is -3.52. The molecule has 2 aliphatic heterocycles. The van der Waals surface area contributed by atoms with Crippen LogP contribution < -0.4 is 15.2 Å². The molecule has 0 spiro atoms. The van der Waals surface area contributed by atoms with E-state index in [1.807, 2.05) is 59.5 Å². The number of anilines is 1. The quantitative estimate of drug-likeness (QED) is 0.550. The molecule has 2 aliphatic rings. The minimum absolute atomic E-state index is 0.0361. The van der Waals surface area contributed by atoms with Crippen LogP contribution in [0.2, 0.25) is 0 Å². The highest BCUT2D eigenvalue weighted by Crippen LogP contribution is 2.33. The zero-order chi connectivity index (χ0) is 22.6. The number of ether oxygens (including phenoxy) is 1. The Balaban J connectivity index is 1.26. The summed E-state index contributed by atoms with van der Waals surface area (Å²) in [6.07, 6.45) is 3.67. The first kappa shape index (κ1) is 21.3. The van der Waals surface area contributed by atoms with Gasteiger partial charge in [-0.25, -0.2) is 0 Å². The maximum atomic E-state index is 13.3. The van der Waals surface area contributed by atoms with Gasteiger partial charge in [0.2, 0.25) is 0 Å². The number of hydrogen-bond acceptors (Lipinski definition) is 7. The number of benzene rings is 2. The first-order valence-electron chi connectivity index (χ1n) is 11.0. The third-order valence-electron chi connectivity index (χ3n) is 5.94. The maximum Gasteiger partial charge on any atom is 0.253 e. The molecule has 1 amide bonds. The number of nitrogens with one attached hydrogen (secondary N) is 1. The van der Waals surface area contributed by atoms with Gasteiger partial charge in [-0.15, -0.1) is 0 Å². The number of fused-ring (bicyclic) bond motifs is 1. The van der Waals surface area contributed by atoms with Crippen molar-refractivity contribution in [3.8, 4) is 17.0 Å². The Labute approximate surface area is 197 Å². The molecule has 3 aromatic rings. The van der Waals surface area contributed by atoms with Crippen molar-refractivity contribution in [1.29, 1.82) is 0 Å². The highest BCUT2D eigenvalue weighted by molar-refractivity contribution is 7.99. The van der Waals surface area contributed by atoms with Gasteiger partial charge in [0, 0.05) is 36.3 Å². The molecular formula is C25H25N5O2S. The standard InChI is InChI=1S/C25H25N5O2S/c26-24-23-20(28-33-29-24)9-4-10-22(23)32-16-17-6-5-13-30(15-17)25(31)19-11-12-27-21(14-19)18-7-2-1-3-8-18/h1-4,7-12,14,17,28H,5-6,13,15-16H2,(H2,26,29)/t17-/m0/s1. The number of hydrogen-bond donors (Lipinski definition) is 2. The van der Waals surface area contributed by atoms with Gasteiger partial charge in [-0.1, -0.05) is 36.4 Å². The van der Waals surface area contributed by atoms with Gasteiger partial charge in [0.1, 0.15) is 11.6 Å². The molecule has 0 saturated carbocycles. The SMILES string of the molecule is NC1=NSNc2cccc(OC[C@H]3CCCN(C(=O)c4ccnc(-c5ccccc5)c4)C3)c21. The van der Waals surface area contributed by atoms with E-state index in [0.29, 0.717) is 30.3 Å². The number of rotatable bonds is 5. The van der Waals surface area contributed by atoms with E-state index >= 15 is 0 Å². The molecule has 5 rings (SSSR count). The second kappa shape index (κ2) is 9.54. The third-order valence-corrected chi connectivity index (χ3v) is 6.54. The molecule has 1 aromatic heterocycles. The number of aromatic nitrogens is 1. The summed E-state index contributed by atoms with van der Waals surface area (Å²) in [4.78, 5) is 19.6. The zero-order valence-corrected chi connectivity index (χ0v) is 18.9. The van der Waals surface area contributed by atoms with E-state index in [-0.39, 0.29) is 11.8 Å². The Kier molecular flexibility index (Phi) is 6.17. The average Bonchev–Trinajstić information content (AvgIpc) is 2.88. The predicted octanol–water partition coefficient (Wildman–Crippen LogP) is 4.37. The van der Waals surface area contributed by atoms with Crippen LogP contribution in [-0.4, -0.2) is 41.3 Å². The number of amidine groups is 1. The number of likely N-dealkylation sites (tertiary alicyclic amines) is 1. The van der Waals surface area contributed by atoms with Crippen LogP contribution in [0.1, 0.15) is 28.8 Å². The Morgan fingerprint density at radius 2 is 2.06 bits per heavy atom. The van der Waals surface area contributed by atoms with Crippen molar-refractivity contribution in [1.82, 2.24) is 9.88 Å². The molecule has 3 N–H and O–H groups in total. The maximum absolute atomic E-state index is 13.3. The van der Waals surface area contributed by atoms with Crippen LogP contribution in [-0.2, 0) is 0 Å². The van der Waals surface area contributed by atoms with Crippen LogP contribution in [0.15, 0.2) is 71.3 Å². The van der Waals surface area contributed by atoms with E-state index in [4.69, 9.17) is 10.5 Å². The van der Waals surface area contributed by atoms with Crippen molar-refractivity contribution < 1.29 is 9.53 Å². The Morgan fingerprint density at radius 1 is 1.18 bits per heavy atom. The normalized spacial score (nSPS) is 17.5. The summed E-state index contributed by atoms with van der Waals surface area (Å²) >= 11 is 1.21. The van der Waals surface area contributed by atoms with E-state index in [1.165, 1.54) is 12.1 Å². The number of nitrogens with two attached hydrogens (primary N) is 1. The number of carbonyl (C=O) groups is 1. The highest BCUT2D eigenvalue weighted by Gasteiger charge is 2.26. The van der Waals surface area contributed by atoms with Crippen LogP contribution in [0.3, 0.4) is 0 Å². The van der Waals surface area contributed by atoms with Gasteiger partial charge in [-0.2, -0.15) is 4.40 Å². The largest absolute Gasteiger partial charge is 0.492 e. The topological polar surface area (TPSA) is 92.8 Å². The van der Waals surface area contributed by atoms with Crippen molar-refractivity contribution in [3.63, 3.8) is 0 Å². The smallest absolute Gasteiger partial charge is 0.253 e. The summed E-state index contributed by atoms with van der Waals surface area (Å²) in [5.41, 5.74) is 10.2. The van der Waals surface area contributed by atoms with Crippen LogP contribution in [0.5, 0.6) is 5.75 Å². The molecule has 33 heavy (non-hydrogen) atoms. The molecule has 0 bridgehead atoms. The fourth-order valence-electron chi connectivity index (χ4n) is 4.27. The van der Waals surface area contributed by atoms with Crippen molar-refractivity contribution >= 4 is 29.6 Å². The van der Waals surface area contributed by atoms with Crippen molar-refractivity contribution in [2.75, 3.05) is 24.4 Å². The van der Waals surface area contributed by atoms with Crippen molar-refractivity contribution in [3.05, 3.63) is 78.0 Å². The van der Waals surface area contributed by atoms with Gasteiger partial charge >= 0.3 is 0 Å². The molecule has 0 radical (unpaired) electrons. The fourth-order valence-corrected chi connectivity index (χ4v) is 4.78. The van der Waals surface area contributed by atoms with E-state index in [2.05, 4.69) is 14.1 Å². The summed E-state index contributed by atoms with van der Waals surface area (Å²) in [6, 6.07) is 19.4. The molecule has 0 aliphatic carbocycles. The van der Waals surface area contributed by atoms with E-state index in [0.717, 1.165) is 41.9 Å². The van der Waals surface area contributed by atoms with Crippen LogP contribution in [0, 0.1) is 5.92 Å². The molecule has 3 heterocycles. The molecule has 1 atom stereocenters. The summed E-state index contributed by atoms with van der Waals surface area (Å²) in [6.45, 7) is 1.93. The van der Waals surface area contributed by atoms with Gasteiger partial charge in [0.05, 0.1) is 35.7 Å². The number of pyridine rings is 1. The molecule has 7 nitrogen and oxygen atoms in total. The molecule has 1 fully saturated rings.